The van der Waals surface area contributed by atoms with Crippen LogP contribution in [0.5, 0.6) is 0 Å². The quantitative estimate of drug-likeness (QED) is 0.904. The van der Waals surface area contributed by atoms with Crippen molar-refractivity contribution in [3.63, 3.8) is 0 Å². The van der Waals surface area contributed by atoms with Crippen LogP contribution in [0.1, 0.15) is 5.56 Å². The number of nitrogens with one attached hydrogen (secondary N) is 1. The summed E-state index contributed by atoms with van der Waals surface area (Å²) >= 11 is 5.82. The molecule has 0 saturated carbocycles. The van der Waals surface area contributed by atoms with Crippen LogP contribution in [0.3, 0.4) is 0 Å². The summed E-state index contributed by atoms with van der Waals surface area (Å²) in [6, 6.07) is 4.88. The molecule has 0 amide bonds. The van der Waals surface area contributed by atoms with Gasteiger partial charge in [0, 0.05) is 18.3 Å². The highest BCUT2D eigenvalue weighted by Gasteiger charge is 2.21. The molecule has 0 bridgehead atoms. The lowest BCUT2D eigenvalue weighted by Crippen LogP contribution is -2.14. The maximum absolute atomic E-state index is 12.2. The standard InChI is InChI=1S/C11H13ClN4O2S/c1-7-5-8(12)3-4-9(7)15-19(17,18)10-6-16(2)14-11(10)13/h3-6,15H,1-2H3,(H2,13,14). The molecular formula is C11H13ClN4O2S. The lowest BCUT2D eigenvalue weighted by molar-refractivity contribution is 0.601. The zero-order valence-electron chi connectivity index (χ0n) is 10.4. The summed E-state index contributed by atoms with van der Waals surface area (Å²) in [4.78, 5) is -0.0515. The Bertz CT molecular complexity index is 724. The molecule has 19 heavy (non-hydrogen) atoms. The van der Waals surface area contributed by atoms with E-state index >= 15 is 0 Å². The summed E-state index contributed by atoms with van der Waals surface area (Å²) in [5.74, 6) is -0.0402. The minimum Gasteiger partial charge on any atom is -0.381 e. The second kappa shape index (κ2) is 4.75. The summed E-state index contributed by atoms with van der Waals surface area (Å²) in [6.07, 6.45) is 1.35. The number of rotatable bonds is 3. The molecule has 1 heterocycles. The zero-order valence-corrected chi connectivity index (χ0v) is 12.0. The number of nitrogens with two attached hydrogens (primary N) is 1. The number of aryl methyl sites for hydroxylation is 2. The Labute approximate surface area is 116 Å². The van der Waals surface area contributed by atoms with Crippen LogP contribution in [-0.4, -0.2) is 18.2 Å². The third-order valence-electron chi connectivity index (χ3n) is 2.54. The second-order valence-corrected chi connectivity index (χ2v) is 6.20. The number of anilines is 2. The van der Waals surface area contributed by atoms with Gasteiger partial charge >= 0.3 is 0 Å². The van der Waals surface area contributed by atoms with Crippen molar-refractivity contribution in [3.05, 3.63) is 35.0 Å². The molecule has 6 nitrogen and oxygen atoms in total. The third-order valence-corrected chi connectivity index (χ3v) is 4.16. The van der Waals surface area contributed by atoms with Crippen LogP contribution in [0.4, 0.5) is 11.5 Å². The molecule has 8 heteroatoms. The molecule has 0 radical (unpaired) electrons. The van der Waals surface area contributed by atoms with Gasteiger partial charge in [-0.2, -0.15) is 5.10 Å². The van der Waals surface area contributed by atoms with Gasteiger partial charge in [0.25, 0.3) is 10.0 Å². The first-order valence-electron chi connectivity index (χ1n) is 5.37. The van der Waals surface area contributed by atoms with Gasteiger partial charge in [-0.3, -0.25) is 9.40 Å². The van der Waals surface area contributed by atoms with Crippen LogP contribution in [0.2, 0.25) is 5.02 Å². The predicted octanol–water partition coefficient (Wildman–Crippen LogP) is 1.76. The molecule has 2 rings (SSSR count). The van der Waals surface area contributed by atoms with Crippen molar-refractivity contribution in [1.82, 2.24) is 9.78 Å². The lowest BCUT2D eigenvalue weighted by atomic mass is 10.2. The minimum absolute atomic E-state index is 0.0402. The number of halogens is 1. The summed E-state index contributed by atoms with van der Waals surface area (Å²) in [6.45, 7) is 1.76. The second-order valence-electron chi connectivity index (χ2n) is 4.12. The van der Waals surface area contributed by atoms with E-state index in [1.807, 2.05) is 0 Å². The van der Waals surface area contributed by atoms with Gasteiger partial charge in [0.2, 0.25) is 0 Å². The molecule has 3 N–H and O–H groups in total. The van der Waals surface area contributed by atoms with Crippen molar-refractivity contribution in [2.75, 3.05) is 10.5 Å². The molecule has 0 fully saturated rings. The highest BCUT2D eigenvalue weighted by molar-refractivity contribution is 7.92. The van der Waals surface area contributed by atoms with Crippen LogP contribution in [0, 0.1) is 6.92 Å². The lowest BCUT2D eigenvalue weighted by Gasteiger charge is -2.09. The predicted molar refractivity (Wildman–Crippen MR) is 74.6 cm³/mol. The van der Waals surface area contributed by atoms with Gasteiger partial charge in [-0.1, -0.05) is 11.6 Å². The summed E-state index contributed by atoms with van der Waals surface area (Å²) in [5.41, 5.74) is 6.74. The van der Waals surface area contributed by atoms with E-state index < -0.39 is 10.0 Å². The SMILES string of the molecule is Cc1cc(Cl)ccc1NS(=O)(=O)c1cn(C)nc1N. The van der Waals surface area contributed by atoms with E-state index in [1.54, 1.807) is 32.2 Å². The normalized spacial score (nSPS) is 11.5. The molecule has 102 valence electrons. The Morgan fingerprint density at radius 1 is 1.42 bits per heavy atom. The summed E-state index contributed by atoms with van der Waals surface area (Å²) < 4.78 is 28.2. The molecule has 1 aromatic heterocycles. The van der Waals surface area contributed by atoms with Gasteiger partial charge in [-0.05, 0) is 30.7 Å². The average molecular weight is 301 g/mol. The Kier molecular flexibility index (Phi) is 3.42. The molecule has 0 aliphatic rings. The minimum atomic E-state index is -3.76. The molecule has 0 unspecified atom stereocenters. The number of aromatic nitrogens is 2. The first-order valence-corrected chi connectivity index (χ1v) is 7.24. The fourth-order valence-electron chi connectivity index (χ4n) is 1.63. The average Bonchev–Trinajstić information content (AvgIpc) is 2.63. The Morgan fingerprint density at radius 3 is 2.63 bits per heavy atom. The van der Waals surface area contributed by atoms with Gasteiger partial charge in [0.1, 0.15) is 4.90 Å². The number of nitrogen functional groups attached to an aromatic ring is 1. The van der Waals surface area contributed by atoms with Crippen LogP contribution in [-0.2, 0) is 17.1 Å². The molecule has 0 spiro atoms. The van der Waals surface area contributed by atoms with Crippen LogP contribution in [0.25, 0.3) is 0 Å². The number of hydrogen-bond donors (Lipinski definition) is 2. The highest BCUT2D eigenvalue weighted by Crippen LogP contribution is 2.24. The summed E-state index contributed by atoms with van der Waals surface area (Å²) in [7, 11) is -2.16. The Balaban J connectivity index is 2.39. The fourth-order valence-corrected chi connectivity index (χ4v) is 3.09. The van der Waals surface area contributed by atoms with Crippen molar-refractivity contribution >= 4 is 33.1 Å². The first kappa shape index (κ1) is 13.7. The van der Waals surface area contributed by atoms with Crippen molar-refractivity contribution < 1.29 is 8.42 Å². The van der Waals surface area contributed by atoms with Gasteiger partial charge in [-0.15, -0.1) is 0 Å². The van der Waals surface area contributed by atoms with Gasteiger partial charge in [0.05, 0.1) is 5.69 Å². The first-order chi connectivity index (χ1) is 8.79. The molecule has 1 aromatic carbocycles. The maximum atomic E-state index is 12.2. The van der Waals surface area contributed by atoms with E-state index in [1.165, 1.54) is 10.9 Å². The highest BCUT2D eigenvalue weighted by atomic mass is 35.5. The fraction of sp³-hybridized carbons (Fsp3) is 0.182. The molecule has 0 aliphatic carbocycles. The van der Waals surface area contributed by atoms with E-state index in [0.29, 0.717) is 10.7 Å². The maximum Gasteiger partial charge on any atom is 0.267 e. The number of hydrogen-bond acceptors (Lipinski definition) is 4. The van der Waals surface area contributed by atoms with E-state index in [2.05, 4.69) is 9.82 Å². The Hall–Kier alpha value is -1.73. The zero-order chi connectivity index (χ0) is 14.2. The van der Waals surface area contributed by atoms with Crippen LogP contribution in [0.15, 0.2) is 29.3 Å². The number of sulfonamides is 1. The van der Waals surface area contributed by atoms with E-state index in [-0.39, 0.29) is 10.7 Å². The molecule has 0 saturated heterocycles. The van der Waals surface area contributed by atoms with Crippen molar-refractivity contribution in [2.24, 2.45) is 7.05 Å². The largest absolute Gasteiger partial charge is 0.381 e. The van der Waals surface area contributed by atoms with Gasteiger partial charge in [0.15, 0.2) is 5.82 Å². The molecule has 2 aromatic rings. The summed E-state index contributed by atoms with van der Waals surface area (Å²) in [5, 5.41) is 4.35. The van der Waals surface area contributed by atoms with Crippen molar-refractivity contribution in [3.8, 4) is 0 Å². The van der Waals surface area contributed by atoms with E-state index in [9.17, 15) is 8.42 Å². The number of benzene rings is 1. The van der Waals surface area contributed by atoms with Gasteiger partial charge < -0.3 is 5.73 Å². The van der Waals surface area contributed by atoms with E-state index in [0.717, 1.165) is 5.56 Å². The van der Waals surface area contributed by atoms with Crippen LogP contribution < -0.4 is 10.5 Å². The van der Waals surface area contributed by atoms with Crippen molar-refractivity contribution in [1.29, 1.82) is 0 Å². The number of nitrogens with zero attached hydrogens (tertiary/aromatic N) is 2. The molecule has 0 aliphatic heterocycles. The van der Waals surface area contributed by atoms with Crippen LogP contribution >= 0.6 is 11.6 Å². The third kappa shape index (κ3) is 2.82. The molecular weight excluding hydrogens is 288 g/mol. The monoisotopic (exact) mass is 300 g/mol. The van der Waals surface area contributed by atoms with Gasteiger partial charge in [-0.25, -0.2) is 8.42 Å². The smallest absolute Gasteiger partial charge is 0.267 e. The van der Waals surface area contributed by atoms with E-state index in [4.69, 9.17) is 17.3 Å². The topological polar surface area (TPSA) is 90.0 Å². The van der Waals surface area contributed by atoms with Crippen molar-refractivity contribution in [2.45, 2.75) is 11.8 Å². The molecule has 0 atom stereocenters. The Morgan fingerprint density at radius 2 is 2.11 bits per heavy atom.